The summed E-state index contributed by atoms with van der Waals surface area (Å²) < 4.78 is 6.22. The van der Waals surface area contributed by atoms with E-state index >= 15 is 0 Å². The van der Waals surface area contributed by atoms with Gasteiger partial charge in [-0.3, -0.25) is 0 Å². The van der Waals surface area contributed by atoms with E-state index in [-0.39, 0.29) is 24.9 Å². The third-order valence-electron chi connectivity index (χ3n) is 4.97. The number of nitrogens with one attached hydrogen (secondary N) is 1. The Morgan fingerprint density at radius 3 is 2.74 bits per heavy atom. The van der Waals surface area contributed by atoms with E-state index in [1.165, 1.54) is 5.56 Å². The Morgan fingerprint density at radius 2 is 1.96 bits per heavy atom. The van der Waals surface area contributed by atoms with Crippen LogP contribution in [0.15, 0.2) is 48.5 Å². The van der Waals surface area contributed by atoms with Crippen LogP contribution in [0.4, 0.5) is 5.69 Å². The van der Waals surface area contributed by atoms with Crippen molar-refractivity contribution in [1.29, 1.82) is 0 Å². The van der Waals surface area contributed by atoms with Gasteiger partial charge in [-0.1, -0.05) is 41.9 Å². The summed E-state index contributed by atoms with van der Waals surface area (Å²) in [6.07, 6.45) is 1.80. The van der Waals surface area contributed by atoms with Crippen molar-refractivity contribution in [3.05, 3.63) is 64.7 Å². The van der Waals surface area contributed by atoms with E-state index < -0.39 is 0 Å². The molecular formula is C19H20ClNO2. The highest BCUT2D eigenvalue weighted by molar-refractivity contribution is 6.30. The van der Waals surface area contributed by atoms with Gasteiger partial charge in [0.1, 0.15) is 0 Å². The second kappa shape index (κ2) is 6.16. The molecule has 2 heterocycles. The van der Waals surface area contributed by atoms with E-state index in [2.05, 4.69) is 29.6 Å². The number of halogens is 1. The van der Waals surface area contributed by atoms with Crippen molar-refractivity contribution < 1.29 is 9.84 Å². The average molecular weight is 330 g/mol. The van der Waals surface area contributed by atoms with Crippen LogP contribution >= 0.6 is 11.6 Å². The number of hydrogen-bond donors (Lipinski definition) is 2. The first kappa shape index (κ1) is 15.0. The molecule has 2 aromatic rings. The Labute approximate surface area is 141 Å². The third kappa shape index (κ3) is 2.74. The van der Waals surface area contributed by atoms with E-state index in [4.69, 9.17) is 16.3 Å². The number of hydrogen-bond acceptors (Lipinski definition) is 3. The summed E-state index contributed by atoms with van der Waals surface area (Å²) in [7, 11) is 0. The number of rotatable bonds is 2. The van der Waals surface area contributed by atoms with E-state index in [1.54, 1.807) is 0 Å². The van der Waals surface area contributed by atoms with Crippen LogP contribution in [0.25, 0.3) is 0 Å². The molecule has 0 amide bonds. The molecule has 120 valence electrons. The number of anilines is 1. The van der Waals surface area contributed by atoms with Crippen molar-refractivity contribution in [2.24, 2.45) is 5.92 Å². The van der Waals surface area contributed by atoms with Crippen molar-refractivity contribution in [1.82, 2.24) is 0 Å². The highest BCUT2D eigenvalue weighted by atomic mass is 35.5. The van der Waals surface area contributed by atoms with Gasteiger partial charge in [-0.05, 0) is 36.6 Å². The average Bonchev–Trinajstić information content (AvgIpc) is 2.61. The van der Waals surface area contributed by atoms with Crippen LogP contribution in [0, 0.1) is 5.92 Å². The Kier molecular flexibility index (Phi) is 4.02. The van der Waals surface area contributed by atoms with Crippen LogP contribution in [0.3, 0.4) is 0 Å². The Bertz CT molecular complexity index is 691. The predicted octanol–water partition coefficient (Wildman–Crippen LogP) is 4.34. The van der Waals surface area contributed by atoms with Crippen LogP contribution in [-0.4, -0.2) is 17.8 Å². The quantitative estimate of drug-likeness (QED) is 0.861. The maximum absolute atomic E-state index is 9.50. The minimum Gasteiger partial charge on any atom is -0.394 e. The lowest BCUT2D eigenvalue weighted by Crippen LogP contribution is -2.39. The number of benzene rings is 2. The van der Waals surface area contributed by atoms with Gasteiger partial charge < -0.3 is 15.2 Å². The van der Waals surface area contributed by atoms with Crippen molar-refractivity contribution in [3.63, 3.8) is 0 Å². The smallest absolute Gasteiger partial charge is 0.0901 e. The Balaban J connectivity index is 1.76. The normalized spacial score (nSPS) is 29.3. The van der Waals surface area contributed by atoms with E-state index in [1.807, 2.05) is 24.3 Å². The number of aliphatic hydroxyl groups excluding tert-OH is 1. The number of fused-ring (bicyclic) bond motifs is 3. The summed E-state index contributed by atoms with van der Waals surface area (Å²) in [5, 5.41) is 13.9. The first-order chi connectivity index (χ1) is 11.3. The zero-order chi connectivity index (χ0) is 15.8. The lowest BCUT2D eigenvalue weighted by atomic mass is 9.76. The van der Waals surface area contributed by atoms with E-state index in [0.29, 0.717) is 5.92 Å². The van der Waals surface area contributed by atoms with Gasteiger partial charge >= 0.3 is 0 Å². The SMILES string of the molecule is OC[C@@H]1CC[C@@H]2[C@@H](c3ccccc3)Nc3ccc(Cl)cc3[C@@H]2O1. The van der Waals surface area contributed by atoms with Gasteiger partial charge in [0.25, 0.3) is 0 Å². The highest BCUT2D eigenvalue weighted by Gasteiger charge is 2.42. The topological polar surface area (TPSA) is 41.5 Å². The fourth-order valence-electron chi connectivity index (χ4n) is 3.85. The molecule has 2 N–H and O–H groups in total. The zero-order valence-electron chi connectivity index (χ0n) is 12.8. The van der Waals surface area contributed by atoms with Crippen molar-refractivity contribution in [2.45, 2.75) is 31.1 Å². The molecule has 4 rings (SSSR count). The van der Waals surface area contributed by atoms with Gasteiger partial charge in [-0.2, -0.15) is 0 Å². The molecule has 2 aromatic carbocycles. The van der Waals surface area contributed by atoms with Gasteiger partial charge in [0.2, 0.25) is 0 Å². The molecule has 1 saturated heterocycles. The molecule has 0 spiro atoms. The number of aliphatic hydroxyl groups is 1. The second-order valence-electron chi connectivity index (χ2n) is 6.37. The van der Waals surface area contributed by atoms with Crippen LogP contribution in [-0.2, 0) is 4.74 Å². The molecule has 2 aliphatic heterocycles. The largest absolute Gasteiger partial charge is 0.394 e. The lowest BCUT2D eigenvalue weighted by molar-refractivity contribution is -0.110. The van der Waals surface area contributed by atoms with Crippen LogP contribution in [0.2, 0.25) is 5.02 Å². The fourth-order valence-corrected chi connectivity index (χ4v) is 4.03. The van der Waals surface area contributed by atoms with E-state index in [9.17, 15) is 5.11 Å². The molecule has 4 atom stereocenters. The van der Waals surface area contributed by atoms with E-state index in [0.717, 1.165) is 29.1 Å². The van der Waals surface area contributed by atoms with Gasteiger partial charge in [0, 0.05) is 22.2 Å². The van der Waals surface area contributed by atoms with Crippen LogP contribution < -0.4 is 5.32 Å². The van der Waals surface area contributed by atoms with Crippen LogP contribution in [0.1, 0.15) is 36.1 Å². The van der Waals surface area contributed by atoms with Gasteiger partial charge in [-0.15, -0.1) is 0 Å². The molecule has 4 heteroatoms. The van der Waals surface area contributed by atoms with Gasteiger partial charge in [0.05, 0.1) is 24.9 Å². The molecule has 0 unspecified atom stereocenters. The molecule has 23 heavy (non-hydrogen) atoms. The fraction of sp³-hybridized carbons (Fsp3) is 0.368. The molecule has 1 fully saturated rings. The first-order valence-electron chi connectivity index (χ1n) is 8.13. The molecular weight excluding hydrogens is 310 g/mol. The number of ether oxygens (including phenoxy) is 1. The molecule has 0 aliphatic carbocycles. The summed E-state index contributed by atoms with van der Waals surface area (Å²) in [6.45, 7) is 0.0720. The summed E-state index contributed by atoms with van der Waals surface area (Å²) in [6, 6.07) is 16.6. The Morgan fingerprint density at radius 1 is 1.13 bits per heavy atom. The van der Waals surface area contributed by atoms with Gasteiger partial charge in [0.15, 0.2) is 0 Å². The summed E-state index contributed by atoms with van der Waals surface area (Å²) >= 11 is 6.20. The molecule has 0 bridgehead atoms. The maximum Gasteiger partial charge on any atom is 0.0901 e. The second-order valence-corrected chi connectivity index (χ2v) is 6.80. The third-order valence-corrected chi connectivity index (χ3v) is 5.21. The first-order valence-corrected chi connectivity index (χ1v) is 8.51. The van der Waals surface area contributed by atoms with Crippen LogP contribution in [0.5, 0.6) is 0 Å². The maximum atomic E-state index is 9.50. The molecule has 0 saturated carbocycles. The lowest BCUT2D eigenvalue weighted by Gasteiger charge is -2.45. The zero-order valence-corrected chi connectivity index (χ0v) is 13.5. The predicted molar refractivity (Wildman–Crippen MR) is 91.7 cm³/mol. The van der Waals surface area contributed by atoms with Crippen molar-refractivity contribution in [2.75, 3.05) is 11.9 Å². The standard InChI is InChI=1S/C19H20ClNO2/c20-13-6-9-17-16(10-13)19-15(8-7-14(11-22)23-19)18(21-17)12-4-2-1-3-5-12/h1-6,9-10,14-15,18-19,21-22H,7-8,11H2/t14-,15+,18+,19+/m0/s1. The Hall–Kier alpha value is -1.55. The minimum absolute atomic E-state index is 0.0268. The summed E-state index contributed by atoms with van der Waals surface area (Å²) in [5.74, 6) is 0.339. The van der Waals surface area contributed by atoms with Crippen molar-refractivity contribution >= 4 is 17.3 Å². The molecule has 2 aliphatic rings. The molecule has 3 nitrogen and oxygen atoms in total. The molecule has 0 radical (unpaired) electrons. The molecule has 0 aromatic heterocycles. The minimum atomic E-state index is -0.0856. The monoisotopic (exact) mass is 329 g/mol. The van der Waals surface area contributed by atoms with Crippen molar-refractivity contribution in [3.8, 4) is 0 Å². The van der Waals surface area contributed by atoms with Gasteiger partial charge in [-0.25, -0.2) is 0 Å². The highest BCUT2D eigenvalue weighted by Crippen LogP contribution is 2.50. The summed E-state index contributed by atoms with van der Waals surface area (Å²) in [4.78, 5) is 0. The summed E-state index contributed by atoms with van der Waals surface area (Å²) in [5.41, 5.74) is 3.45.